The maximum Gasteiger partial charge on any atom is 0.248 e. The predicted molar refractivity (Wildman–Crippen MR) is 98.8 cm³/mol. The summed E-state index contributed by atoms with van der Waals surface area (Å²) >= 11 is 0. The molecule has 26 heavy (non-hydrogen) atoms. The fourth-order valence-electron chi connectivity index (χ4n) is 2.45. The van der Waals surface area contributed by atoms with Gasteiger partial charge < -0.3 is 14.6 Å². The molecule has 0 bridgehead atoms. The molecule has 5 nitrogen and oxygen atoms in total. The van der Waals surface area contributed by atoms with Gasteiger partial charge in [-0.15, -0.1) is 0 Å². The molecular formula is C20H18FN3O2. The highest BCUT2D eigenvalue weighted by Crippen LogP contribution is 2.20. The quantitative estimate of drug-likeness (QED) is 0.681. The lowest BCUT2D eigenvalue weighted by atomic mass is 10.2. The van der Waals surface area contributed by atoms with Crippen LogP contribution in [0.5, 0.6) is 5.75 Å². The number of para-hydroxylation sites is 1. The second kappa shape index (κ2) is 8.11. The van der Waals surface area contributed by atoms with Crippen LogP contribution < -0.4 is 10.1 Å². The van der Waals surface area contributed by atoms with Gasteiger partial charge in [0.2, 0.25) is 5.91 Å². The highest BCUT2D eigenvalue weighted by atomic mass is 19.1. The van der Waals surface area contributed by atoms with Crippen LogP contribution in [0, 0.1) is 5.82 Å². The second-order valence-corrected chi connectivity index (χ2v) is 5.43. The van der Waals surface area contributed by atoms with E-state index in [1.165, 1.54) is 18.5 Å². The average molecular weight is 351 g/mol. The van der Waals surface area contributed by atoms with E-state index >= 15 is 0 Å². The minimum atomic E-state index is -0.452. The smallest absolute Gasteiger partial charge is 0.248 e. The van der Waals surface area contributed by atoms with E-state index in [1.807, 2.05) is 31.2 Å². The molecule has 3 rings (SSSR count). The Morgan fingerprint density at radius 2 is 2.15 bits per heavy atom. The van der Waals surface area contributed by atoms with Gasteiger partial charge >= 0.3 is 0 Å². The summed E-state index contributed by atoms with van der Waals surface area (Å²) in [6.07, 6.45) is 7.78. The predicted octanol–water partition coefficient (Wildman–Crippen LogP) is 4.06. The maximum atomic E-state index is 14.2. The van der Waals surface area contributed by atoms with E-state index in [0.29, 0.717) is 23.7 Å². The molecule has 2 aromatic carbocycles. The lowest BCUT2D eigenvalue weighted by Crippen LogP contribution is -2.08. The van der Waals surface area contributed by atoms with Crippen LogP contribution in [-0.4, -0.2) is 22.1 Å². The summed E-state index contributed by atoms with van der Waals surface area (Å²) in [4.78, 5) is 16.0. The molecular weight excluding hydrogens is 333 g/mol. The normalized spacial score (nSPS) is 10.8. The number of nitrogens with zero attached hydrogens (tertiary/aromatic N) is 2. The molecule has 0 radical (unpaired) electrons. The topological polar surface area (TPSA) is 56.1 Å². The number of hydrogen-bond donors (Lipinski definition) is 1. The molecule has 1 heterocycles. The molecule has 0 aliphatic carbocycles. The van der Waals surface area contributed by atoms with Crippen molar-refractivity contribution in [2.75, 3.05) is 11.9 Å². The van der Waals surface area contributed by atoms with Crippen LogP contribution in [0.2, 0.25) is 0 Å². The van der Waals surface area contributed by atoms with Crippen LogP contribution in [-0.2, 0) is 4.79 Å². The lowest BCUT2D eigenvalue weighted by molar-refractivity contribution is -0.111. The van der Waals surface area contributed by atoms with Crippen molar-refractivity contribution >= 4 is 17.7 Å². The monoisotopic (exact) mass is 351 g/mol. The third-order valence-electron chi connectivity index (χ3n) is 3.63. The zero-order chi connectivity index (χ0) is 18.4. The third-order valence-corrected chi connectivity index (χ3v) is 3.63. The van der Waals surface area contributed by atoms with Crippen molar-refractivity contribution in [2.24, 2.45) is 0 Å². The summed E-state index contributed by atoms with van der Waals surface area (Å²) in [5.74, 6) is -0.104. The lowest BCUT2D eigenvalue weighted by Gasteiger charge is -2.08. The zero-order valence-electron chi connectivity index (χ0n) is 14.2. The SMILES string of the molecule is CCOc1ccccc1/C=C/C(=O)Nc1ccc(-n2ccnc2)c(F)c1. The number of carbonyl (C=O) groups is 1. The molecule has 0 atom stereocenters. The maximum absolute atomic E-state index is 14.2. The van der Waals surface area contributed by atoms with E-state index in [2.05, 4.69) is 10.3 Å². The van der Waals surface area contributed by atoms with Crippen LogP contribution >= 0.6 is 0 Å². The number of imidazole rings is 1. The standard InChI is InChI=1S/C20H18FN3O2/c1-2-26-19-6-4-3-5-15(19)7-10-20(25)23-16-8-9-18(17(21)13-16)24-12-11-22-14-24/h3-14H,2H2,1H3,(H,23,25)/b10-7+. The van der Waals surface area contributed by atoms with Gasteiger partial charge in [0.1, 0.15) is 11.6 Å². The van der Waals surface area contributed by atoms with Gasteiger partial charge in [0, 0.05) is 29.7 Å². The Labute approximate surface area is 150 Å². The van der Waals surface area contributed by atoms with Crippen molar-refractivity contribution in [3.63, 3.8) is 0 Å². The van der Waals surface area contributed by atoms with Gasteiger partial charge in [0.05, 0.1) is 18.6 Å². The summed E-state index contributed by atoms with van der Waals surface area (Å²) in [6, 6.07) is 11.9. The van der Waals surface area contributed by atoms with E-state index in [0.717, 1.165) is 5.56 Å². The minimum Gasteiger partial charge on any atom is -0.493 e. The van der Waals surface area contributed by atoms with Gasteiger partial charge in [-0.05, 0) is 37.3 Å². The molecule has 0 spiro atoms. The largest absolute Gasteiger partial charge is 0.493 e. The van der Waals surface area contributed by atoms with Crippen molar-refractivity contribution < 1.29 is 13.9 Å². The first kappa shape index (κ1) is 17.4. The number of aromatic nitrogens is 2. The molecule has 0 fully saturated rings. The van der Waals surface area contributed by atoms with E-state index < -0.39 is 5.82 Å². The number of ether oxygens (including phenoxy) is 1. The molecule has 1 aromatic heterocycles. The molecule has 0 unspecified atom stereocenters. The Kier molecular flexibility index (Phi) is 5.43. The van der Waals surface area contributed by atoms with Crippen LogP contribution in [0.3, 0.4) is 0 Å². The van der Waals surface area contributed by atoms with Crippen LogP contribution in [0.15, 0.2) is 67.3 Å². The van der Waals surface area contributed by atoms with Crippen molar-refractivity contribution in [3.05, 3.63) is 78.6 Å². The first-order valence-corrected chi connectivity index (χ1v) is 8.16. The second-order valence-electron chi connectivity index (χ2n) is 5.43. The van der Waals surface area contributed by atoms with Crippen molar-refractivity contribution in [3.8, 4) is 11.4 Å². The number of hydrogen-bond acceptors (Lipinski definition) is 3. The van der Waals surface area contributed by atoms with Gasteiger partial charge in [-0.3, -0.25) is 4.79 Å². The van der Waals surface area contributed by atoms with E-state index in [9.17, 15) is 9.18 Å². The summed E-state index contributed by atoms with van der Waals surface area (Å²) < 4.78 is 21.3. The van der Waals surface area contributed by atoms with Crippen LogP contribution in [0.1, 0.15) is 12.5 Å². The fraction of sp³-hybridized carbons (Fsp3) is 0.100. The van der Waals surface area contributed by atoms with Gasteiger partial charge in [-0.2, -0.15) is 0 Å². The fourth-order valence-corrected chi connectivity index (χ4v) is 2.45. The van der Waals surface area contributed by atoms with E-state index in [4.69, 9.17) is 4.74 Å². The molecule has 132 valence electrons. The molecule has 0 saturated carbocycles. The number of halogens is 1. The summed E-state index contributed by atoms with van der Waals surface area (Å²) in [7, 11) is 0. The number of carbonyl (C=O) groups excluding carboxylic acids is 1. The summed E-state index contributed by atoms with van der Waals surface area (Å²) in [5, 5.41) is 2.65. The van der Waals surface area contributed by atoms with Crippen molar-refractivity contribution in [1.82, 2.24) is 9.55 Å². The molecule has 0 aliphatic rings. The van der Waals surface area contributed by atoms with Gasteiger partial charge in [0.15, 0.2) is 0 Å². The number of amides is 1. The molecule has 6 heteroatoms. The highest BCUT2D eigenvalue weighted by Gasteiger charge is 2.07. The first-order valence-electron chi connectivity index (χ1n) is 8.16. The van der Waals surface area contributed by atoms with Gasteiger partial charge in [0.25, 0.3) is 0 Å². The van der Waals surface area contributed by atoms with Crippen LogP contribution in [0.25, 0.3) is 11.8 Å². The number of rotatable bonds is 6. The van der Waals surface area contributed by atoms with Gasteiger partial charge in [-0.1, -0.05) is 18.2 Å². The number of benzene rings is 2. The van der Waals surface area contributed by atoms with E-state index in [-0.39, 0.29) is 5.91 Å². The Bertz CT molecular complexity index is 921. The molecule has 0 aliphatic heterocycles. The number of nitrogens with one attached hydrogen (secondary N) is 1. The first-order chi connectivity index (χ1) is 12.7. The minimum absolute atomic E-state index is 0.355. The van der Waals surface area contributed by atoms with Crippen molar-refractivity contribution in [2.45, 2.75) is 6.92 Å². The average Bonchev–Trinajstić information content (AvgIpc) is 3.16. The molecule has 3 aromatic rings. The molecule has 1 amide bonds. The van der Waals surface area contributed by atoms with Gasteiger partial charge in [-0.25, -0.2) is 9.37 Å². The highest BCUT2D eigenvalue weighted by molar-refractivity contribution is 6.02. The zero-order valence-corrected chi connectivity index (χ0v) is 14.2. The van der Waals surface area contributed by atoms with E-state index in [1.54, 1.807) is 35.2 Å². The molecule has 0 saturated heterocycles. The molecule has 1 N–H and O–H groups in total. The third kappa shape index (κ3) is 4.16. The Morgan fingerprint density at radius 3 is 2.88 bits per heavy atom. The Balaban J connectivity index is 1.70. The Hall–Kier alpha value is -3.41. The number of anilines is 1. The summed E-state index contributed by atoms with van der Waals surface area (Å²) in [5.41, 5.74) is 1.53. The summed E-state index contributed by atoms with van der Waals surface area (Å²) in [6.45, 7) is 2.44. The van der Waals surface area contributed by atoms with Crippen LogP contribution in [0.4, 0.5) is 10.1 Å². The van der Waals surface area contributed by atoms with Crippen molar-refractivity contribution in [1.29, 1.82) is 0 Å². The Morgan fingerprint density at radius 1 is 1.31 bits per heavy atom.